The number of primary amides is 1. The van der Waals surface area contributed by atoms with Gasteiger partial charge in [-0.05, 0) is 31.0 Å². The number of carbonyl (C=O) groups excluding carboxylic acids is 4. The fraction of sp³-hybridized carbons (Fsp3) is 0.455. The van der Waals surface area contributed by atoms with Gasteiger partial charge in [-0.2, -0.15) is 0 Å². The van der Waals surface area contributed by atoms with Gasteiger partial charge in [0.2, 0.25) is 23.6 Å². The van der Waals surface area contributed by atoms with Crippen LogP contribution in [0.2, 0.25) is 0 Å². The molecule has 4 amide bonds. The molecular weight excluding hydrogens is 494 g/mol. The molecule has 0 saturated carbocycles. The zero-order valence-corrected chi connectivity index (χ0v) is 19.9. The summed E-state index contributed by atoms with van der Waals surface area (Å²) in [4.78, 5) is 72.0. The van der Waals surface area contributed by atoms with Crippen LogP contribution >= 0.6 is 0 Å². The minimum Gasteiger partial charge on any atom is -0.508 e. The van der Waals surface area contributed by atoms with Crippen LogP contribution in [0.15, 0.2) is 24.3 Å². The third kappa shape index (κ3) is 10.9. The lowest BCUT2D eigenvalue weighted by molar-refractivity contribution is -0.142. The fourth-order valence-electron chi connectivity index (χ4n) is 3.05. The van der Waals surface area contributed by atoms with E-state index >= 15 is 0 Å². The molecule has 15 heteroatoms. The molecule has 11 N–H and O–H groups in total. The first-order chi connectivity index (χ1) is 17.2. The lowest BCUT2D eigenvalue weighted by Crippen LogP contribution is -2.58. The minimum atomic E-state index is -1.67. The molecule has 1 aromatic carbocycles. The fourth-order valence-corrected chi connectivity index (χ4v) is 3.05. The van der Waals surface area contributed by atoms with E-state index in [1.807, 2.05) is 0 Å². The molecule has 0 aliphatic carbocycles. The second-order valence-electron chi connectivity index (χ2n) is 8.26. The third-order valence-corrected chi connectivity index (χ3v) is 5.13. The van der Waals surface area contributed by atoms with E-state index in [-0.39, 0.29) is 12.2 Å². The van der Waals surface area contributed by atoms with Gasteiger partial charge in [0.1, 0.15) is 29.9 Å². The number of nitrogens with one attached hydrogen (secondary N) is 3. The number of aliphatic hydroxyl groups excluding tert-OH is 1. The summed E-state index contributed by atoms with van der Waals surface area (Å²) in [6.45, 7) is 1.22. The molecule has 0 heterocycles. The molecule has 0 radical (unpaired) electrons. The molecule has 0 bridgehead atoms. The Morgan fingerprint density at radius 2 is 1.38 bits per heavy atom. The summed E-state index contributed by atoms with van der Waals surface area (Å²) in [5.74, 6) is -6.92. The van der Waals surface area contributed by atoms with Gasteiger partial charge in [0.05, 0.1) is 12.5 Å². The van der Waals surface area contributed by atoms with Crippen LogP contribution in [-0.4, -0.2) is 86.3 Å². The van der Waals surface area contributed by atoms with Gasteiger partial charge >= 0.3 is 11.9 Å². The number of hydrogen-bond acceptors (Lipinski definition) is 9. The highest BCUT2D eigenvalue weighted by Crippen LogP contribution is 2.12. The molecule has 5 unspecified atom stereocenters. The van der Waals surface area contributed by atoms with Crippen molar-refractivity contribution in [1.29, 1.82) is 0 Å². The van der Waals surface area contributed by atoms with E-state index in [9.17, 15) is 44.1 Å². The second-order valence-corrected chi connectivity index (χ2v) is 8.26. The van der Waals surface area contributed by atoms with Gasteiger partial charge in [-0.15, -0.1) is 0 Å². The number of aromatic hydroxyl groups is 1. The number of aliphatic carboxylic acids is 2. The van der Waals surface area contributed by atoms with Crippen molar-refractivity contribution in [2.24, 2.45) is 11.5 Å². The van der Waals surface area contributed by atoms with Crippen LogP contribution in [0.5, 0.6) is 5.75 Å². The number of aliphatic hydroxyl groups is 1. The Labute approximate surface area is 211 Å². The number of carbonyl (C=O) groups is 6. The number of nitrogens with two attached hydrogens (primary N) is 2. The van der Waals surface area contributed by atoms with Crippen molar-refractivity contribution in [2.45, 2.75) is 62.9 Å². The van der Waals surface area contributed by atoms with Crippen LogP contribution in [0.4, 0.5) is 0 Å². The van der Waals surface area contributed by atoms with Crippen molar-refractivity contribution in [1.82, 2.24) is 16.0 Å². The van der Waals surface area contributed by atoms with Crippen molar-refractivity contribution in [3.63, 3.8) is 0 Å². The molecule has 0 aliphatic rings. The highest BCUT2D eigenvalue weighted by molar-refractivity contribution is 5.96. The highest BCUT2D eigenvalue weighted by Gasteiger charge is 2.32. The van der Waals surface area contributed by atoms with E-state index in [4.69, 9.17) is 16.6 Å². The Balaban J connectivity index is 3.06. The maximum absolute atomic E-state index is 12.8. The molecule has 0 fully saturated rings. The van der Waals surface area contributed by atoms with E-state index in [1.54, 1.807) is 0 Å². The topological polar surface area (TPSA) is 271 Å². The van der Waals surface area contributed by atoms with Gasteiger partial charge in [0.25, 0.3) is 0 Å². The first kappa shape index (κ1) is 30.8. The molecule has 204 valence electrons. The second kappa shape index (κ2) is 14.4. The number of benzene rings is 1. The summed E-state index contributed by atoms with van der Waals surface area (Å²) in [6, 6.07) is -0.605. The predicted octanol–water partition coefficient (Wildman–Crippen LogP) is -3.08. The molecule has 0 saturated heterocycles. The number of carboxylic acid groups (broad SMARTS) is 2. The molecule has 0 aliphatic heterocycles. The normalized spacial score (nSPS) is 14.8. The molecule has 1 rings (SSSR count). The Kier molecular flexibility index (Phi) is 11.9. The molecule has 1 aromatic rings. The Bertz CT molecular complexity index is 998. The first-order valence-corrected chi connectivity index (χ1v) is 11.1. The Hall–Kier alpha value is -4.24. The van der Waals surface area contributed by atoms with Gasteiger partial charge in [-0.25, -0.2) is 4.79 Å². The third-order valence-electron chi connectivity index (χ3n) is 5.13. The van der Waals surface area contributed by atoms with Gasteiger partial charge in [-0.3, -0.25) is 24.0 Å². The average Bonchev–Trinajstić information content (AvgIpc) is 2.80. The van der Waals surface area contributed by atoms with Crippen LogP contribution < -0.4 is 27.4 Å². The summed E-state index contributed by atoms with van der Waals surface area (Å²) in [5.41, 5.74) is 11.1. The predicted molar refractivity (Wildman–Crippen MR) is 126 cm³/mol. The van der Waals surface area contributed by atoms with Gasteiger partial charge in [0.15, 0.2) is 0 Å². The highest BCUT2D eigenvalue weighted by atomic mass is 16.4. The lowest BCUT2D eigenvalue weighted by atomic mass is 10.0. The molecular formula is C22H31N5O10. The molecule has 0 spiro atoms. The maximum Gasteiger partial charge on any atom is 0.326 e. The van der Waals surface area contributed by atoms with E-state index in [2.05, 4.69) is 16.0 Å². The largest absolute Gasteiger partial charge is 0.508 e. The van der Waals surface area contributed by atoms with Crippen molar-refractivity contribution in [3.05, 3.63) is 29.8 Å². The molecule has 5 atom stereocenters. The van der Waals surface area contributed by atoms with Crippen LogP contribution in [0.3, 0.4) is 0 Å². The maximum atomic E-state index is 12.8. The summed E-state index contributed by atoms with van der Waals surface area (Å²) in [6.07, 6.45) is -3.23. The number of rotatable bonds is 15. The van der Waals surface area contributed by atoms with E-state index in [0.29, 0.717) is 5.56 Å². The van der Waals surface area contributed by atoms with Crippen LogP contribution in [0.1, 0.15) is 31.7 Å². The van der Waals surface area contributed by atoms with Crippen molar-refractivity contribution in [3.8, 4) is 5.75 Å². The minimum absolute atomic E-state index is 0.0529. The van der Waals surface area contributed by atoms with Gasteiger partial charge in [-0.1, -0.05) is 12.1 Å². The monoisotopic (exact) mass is 525 g/mol. The molecule has 0 aromatic heterocycles. The summed E-state index contributed by atoms with van der Waals surface area (Å²) in [5, 5.41) is 43.9. The number of amides is 4. The zero-order chi connectivity index (χ0) is 28.3. The zero-order valence-electron chi connectivity index (χ0n) is 19.9. The first-order valence-electron chi connectivity index (χ1n) is 11.1. The van der Waals surface area contributed by atoms with Crippen molar-refractivity contribution >= 4 is 35.6 Å². The van der Waals surface area contributed by atoms with E-state index < -0.39 is 85.1 Å². The molecule has 15 nitrogen and oxygen atoms in total. The SMILES string of the molecule is CC(O)C(N)C(=O)NC(CCC(=O)O)C(=O)NC(CC(N)=O)C(=O)NC(Cc1ccc(O)cc1)C(=O)O. The van der Waals surface area contributed by atoms with Crippen LogP contribution in [0.25, 0.3) is 0 Å². The lowest BCUT2D eigenvalue weighted by Gasteiger charge is -2.25. The molecule has 37 heavy (non-hydrogen) atoms. The average molecular weight is 526 g/mol. The van der Waals surface area contributed by atoms with Crippen molar-refractivity contribution in [2.75, 3.05) is 0 Å². The smallest absolute Gasteiger partial charge is 0.326 e. The number of carboxylic acids is 2. The van der Waals surface area contributed by atoms with Crippen LogP contribution in [0, 0.1) is 0 Å². The van der Waals surface area contributed by atoms with E-state index in [1.165, 1.54) is 31.2 Å². The van der Waals surface area contributed by atoms with Gasteiger partial charge < -0.3 is 47.8 Å². The summed E-state index contributed by atoms with van der Waals surface area (Å²) in [7, 11) is 0. The van der Waals surface area contributed by atoms with Crippen molar-refractivity contribution < 1.29 is 49.2 Å². The Morgan fingerprint density at radius 1 is 0.865 bits per heavy atom. The number of phenols is 1. The van der Waals surface area contributed by atoms with Crippen LogP contribution in [-0.2, 0) is 35.2 Å². The summed E-state index contributed by atoms with van der Waals surface area (Å²) < 4.78 is 0. The number of hydrogen-bond donors (Lipinski definition) is 9. The Morgan fingerprint density at radius 3 is 1.86 bits per heavy atom. The standard InChI is InChI=1S/C22H31N5O10/c1-10(28)18(24)21(35)25-13(6-7-17(31)32)19(33)26-14(9-16(23)30)20(34)27-15(22(36)37)8-11-2-4-12(29)5-3-11/h2-5,10,13-15,18,28-29H,6-9,24H2,1H3,(H2,23,30)(H,25,35)(H,26,33)(H,27,34)(H,31,32)(H,36,37). The summed E-state index contributed by atoms with van der Waals surface area (Å²) >= 11 is 0. The van der Waals surface area contributed by atoms with Gasteiger partial charge in [0, 0.05) is 12.8 Å². The number of phenolic OH excluding ortho intramolecular Hbond substituents is 1. The van der Waals surface area contributed by atoms with E-state index in [0.717, 1.165) is 0 Å². The quantitative estimate of drug-likeness (QED) is 0.111.